The number of carbonyl (C=O) groups is 2. The SMILES string of the molecule is CCCOC(=O)c1cnc([C@@H]2CCN(CCNC(=O)c3ccc(OCc4ccc(OC)cc4)c(OCc4ccc(OC)cc4)c3Cl)C2)s1. The Kier molecular flexibility index (Phi) is 12.5. The van der Waals surface area contributed by atoms with E-state index in [0.29, 0.717) is 35.9 Å². The lowest BCUT2D eigenvalue weighted by Gasteiger charge is -2.18. The number of carbonyl (C=O) groups excluding carboxylic acids is 2. The van der Waals surface area contributed by atoms with Crippen molar-refractivity contribution in [1.29, 1.82) is 0 Å². The number of benzene rings is 3. The first-order valence-corrected chi connectivity index (χ1v) is 17.0. The Hall–Kier alpha value is -4.32. The highest BCUT2D eigenvalue weighted by molar-refractivity contribution is 7.13. The number of methoxy groups -OCH3 is 2. The first-order chi connectivity index (χ1) is 23.4. The fraction of sp³-hybridized carbons (Fsp3) is 0.361. The second-order valence-electron chi connectivity index (χ2n) is 11.3. The number of rotatable bonds is 16. The molecule has 0 bridgehead atoms. The lowest BCUT2D eigenvalue weighted by Crippen LogP contribution is -2.34. The minimum absolute atomic E-state index is 0.173. The van der Waals surface area contributed by atoms with Crippen LogP contribution in [0.1, 0.15) is 61.8 Å². The number of ether oxygens (including phenoxy) is 5. The number of nitrogens with zero attached hydrogens (tertiary/aromatic N) is 2. The Morgan fingerprint density at radius 2 is 1.62 bits per heavy atom. The Bertz CT molecular complexity index is 1660. The lowest BCUT2D eigenvalue weighted by molar-refractivity contribution is 0.0510. The van der Waals surface area contributed by atoms with Gasteiger partial charge >= 0.3 is 5.97 Å². The molecule has 0 aliphatic carbocycles. The number of nitrogens with one attached hydrogen (secondary N) is 1. The Morgan fingerprint density at radius 3 is 2.27 bits per heavy atom. The zero-order chi connectivity index (χ0) is 33.9. The van der Waals surface area contributed by atoms with Crippen LogP contribution in [0.15, 0.2) is 66.9 Å². The number of hydrogen-bond donors (Lipinski definition) is 1. The van der Waals surface area contributed by atoms with Gasteiger partial charge in [-0.1, -0.05) is 42.8 Å². The lowest BCUT2D eigenvalue weighted by atomic mass is 10.1. The van der Waals surface area contributed by atoms with E-state index in [1.54, 1.807) is 32.5 Å². The van der Waals surface area contributed by atoms with Crippen LogP contribution in [0, 0.1) is 0 Å². The Labute approximate surface area is 289 Å². The van der Waals surface area contributed by atoms with E-state index in [0.717, 1.165) is 53.6 Å². The maximum Gasteiger partial charge on any atom is 0.349 e. The van der Waals surface area contributed by atoms with Gasteiger partial charge in [-0.15, -0.1) is 11.3 Å². The molecule has 1 aromatic heterocycles. The monoisotopic (exact) mass is 693 g/mol. The number of hydrogen-bond acceptors (Lipinski definition) is 10. The van der Waals surface area contributed by atoms with Gasteiger partial charge in [0.2, 0.25) is 0 Å². The minimum Gasteiger partial charge on any atom is -0.497 e. The molecule has 5 rings (SSSR count). The second kappa shape index (κ2) is 17.2. The summed E-state index contributed by atoms with van der Waals surface area (Å²) in [5.41, 5.74) is 2.13. The molecular formula is C36H40ClN3O7S. The zero-order valence-corrected chi connectivity index (χ0v) is 28.9. The second-order valence-corrected chi connectivity index (χ2v) is 12.7. The van der Waals surface area contributed by atoms with Crippen molar-refractivity contribution in [3.05, 3.63) is 98.5 Å². The number of amides is 1. The fourth-order valence-corrected chi connectivity index (χ4v) is 6.45. The summed E-state index contributed by atoms with van der Waals surface area (Å²) < 4.78 is 28.0. The topological polar surface area (TPSA) is 108 Å². The third kappa shape index (κ3) is 9.18. The van der Waals surface area contributed by atoms with Crippen LogP contribution in [0.3, 0.4) is 0 Å². The Morgan fingerprint density at radius 1 is 0.958 bits per heavy atom. The number of aromatic nitrogens is 1. The molecule has 1 aliphatic heterocycles. The summed E-state index contributed by atoms with van der Waals surface area (Å²) in [5, 5.41) is 4.11. The van der Waals surface area contributed by atoms with Crippen molar-refractivity contribution >= 4 is 34.8 Å². The van der Waals surface area contributed by atoms with Crippen LogP contribution in [0.5, 0.6) is 23.0 Å². The largest absolute Gasteiger partial charge is 0.497 e. The van der Waals surface area contributed by atoms with Crippen molar-refractivity contribution in [1.82, 2.24) is 15.2 Å². The van der Waals surface area contributed by atoms with Crippen molar-refractivity contribution in [3.8, 4) is 23.0 Å². The number of esters is 1. The highest BCUT2D eigenvalue weighted by Gasteiger charge is 2.27. The van der Waals surface area contributed by atoms with E-state index in [1.807, 2.05) is 55.5 Å². The number of likely N-dealkylation sites (tertiary alicyclic amines) is 1. The van der Waals surface area contributed by atoms with Crippen LogP contribution in [-0.2, 0) is 18.0 Å². The molecule has 48 heavy (non-hydrogen) atoms. The average Bonchev–Trinajstić information content (AvgIpc) is 3.80. The van der Waals surface area contributed by atoms with Crippen molar-refractivity contribution < 1.29 is 33.3 Å². The van der Waals surface area contributed by atoms with Gasteiger partial charge in [-0.3, -0.25) is 4.79 Å². The first-order valence-electron chi connectivity index (χ1n) is 15.9. The van der Waals surface area contributed by atoms with Gasteiger partial charge in [-0.2, -0.15) is 0 Å². The van der Waals surface area contributed by atoms with E-state index in [2.05, 4.69) is 15.2 Å². The van der Waals surface area contributed by atoms with Crippen molar-refractivity contribution in [3.63, 3.8) is 0 Å². The fourth-order valence-electron chi connectivity index (χ4n) is 5.22. The van der Waals surface area contributed by atoms with E-state index >= 15 is 0 Å². The molecule has 1 fully saturated rings. The third-order valence-electron chi connectivity index (χ3n) is 7.90. The van der Waals surface area contributed by atoms with Gasteiger partial charge in [0, 0.05) is 25.6 Å². The summed E-state index contributed by atoms with van der Waals surface area (Å²) in [6.45, 7) is 5.63. The molecule has 0 radical (unpaired) electrons. The van der Waals surface area contributed by atoms with Gasteiger partial charge in [0.1, 0.15) is 29.6 Å². The van der Waals surface area contributed by atoms with E-state index in [4.69, 9.17) is 35.3 Å². The quantitative estimate of drug-likeness (QED) is 0.127. The highest BCUT2D eigenvalue weighted by atomic mass is 35.5. The maximum atomic E-state index is 13.3. The molecule has 254 valence electrons. The summed E-state index contributed by atoms with van der Waals surface area (Å²) in [6.07, 6.45) is 3.32. The summed E-state index contributed by atoms with van der Waals surface area (Å²) in [6, 6.07) is 18.4. The molecule has 3 aromatic carbocycles. The van der Waals surface area contributed by atoms with Crippen molar-refractivity contribution in [2.45, 2.75) is 38.9 Å². The maximum absolute atomic E-state index is 13.3. The molecule has 1 atom stereocenters. The van der Waals surface area contributed by atoms with E-state index in [9.17, 15) is 9.59 Å². The molecule has 10 nitrogen and oxygen atoms in total. The van der Waals surface area contributed by atoms with Gasteiger partial charge in [0.05, 0.1) is 42.6 Å². The van der Waals surface area contributed by atoms with Gasteiger partial charge in [-0.25, -0.2) is 9.78 Å². The number of thiazole rings is 1. The van der Waals surface area contributed by atoms with E-state index < -0.39 is 0 Å². The van der Waals surface area contributed by atoms with Crippen LogP contribution in [-0.4, -0.2) is 68.8 Å². The summed E-state index contributed by atoms with van der Waals surface area (Å²) in [5.74, 6) is 1.83. The average molecular weight is 694 g/mol. The summed E-state index contributed by atoms with van der Waals surface area (Å²) in [7, 11) is 3.23. The molecule has 0 saturated carbocycles. The van der Waals surface area contributed by atoms with Crippen LogP contribution >= 0.6 is 22.9 Å². The Balaban J connectivity index is 1.20. The standard InChI is InChI=1S/C36H40ClN3O7S/c1-4-19-45-36(42)31-20-39-35(48-31)26-15-17-40(21-26)18-16-38-34(41)29-13-14-30(46-22-24-5-9-27(43-2)10-6-24)33(32(29)37)47-23-25-7-11-28(44-3)12-8-25/h5-14,20,26H,4,15-19,21-23H2,1-3H3,(H,38,41)/t26-/m1/s1. The summed E-state index contributed by atoms with van der Waals surface area (Å²) >= 11 is 8.24. The molecule has 1 amide bonds. The highest BCUT2D eigenvalue weighted by Crippen LogP contribution is 2.39. The van der Waals surface area contributed by atoms with Crippen molar-refractivity contribution in [2.75, 3.05) is 47.0 Å². The predicted octanol–water partition coefficient (Wildman–Crippen LogP) is 6.76. The first kappa shape index (κ1) is 35.0. The molecule has 1 N–H and O–H groups in total. The molecular weight excluding hydrogens is 654 g/mol. The zero-order valence-electron chi connectivity index (χ0n) is 27.3. The van der Waals surface area contributed by atoms with Gasteiger partial charge < -0.3 is 33.9 Å². The molecule has 1 saturated heterocycles. The number of halogens is 1. The predicted molar refractivity (Wildman–Crippen MR) is 185 cm³/mol. The minimum atomic E-state index is -0.317. The van der Waals surface area contributed by atoms with E-state index in [-0.39, 0.29) is 41.8 Å². The van der Waals surface area contributed by atoms with Crippen LogP contribution in [0.25, 0.3) is 0 Å². The smallest absolute Gasteiger partial charge is 0.349 e. The van der Waals surface area contributed by atoms with E-state index in [1.165, 1.54) is 11.3 Å². The third-order valence-corrected chi connectivity index (χ3v) is 9.41. The normalized spacial score (nSPS) is 14.4. The molecule has 0 unspecified atom stereocenters. The van der Waals surface area contributed by atoms with Gasteiger partial charge in [-0.05, 0) is 66.9 Å². The van der Waals surface area contributed by atoms with Gasteiger partial charge in [0.15, 0.2) is 11.5 Å². The molecule has 4 aromatic rings. The molecule has 2 heterocycles. The van der Waals surface area contributed by atoms with Gasteiger partial charge in [0.25, 0.3) is 5.91 Å². The van der Waals surface area contributed by atoms with Crippen LogP contribution in [0.2, 0.25) is 5.02 Å². The molecule has 1 aliphatic rings. The summed E-state index contributed by atoms with van der Waals surface area (Å²) in [4.78, 5) is 32.8. The molecule has 0 spiro atoms. The molecule has 12 heteroatoms. The van der Waals surface area contributed by atoms with Crippen LogP contribution < -0.4 is 24.3 Å². The van der Waals surface area contributed by atoms with Crippen molar-refractivity contribution in [2.24, 2.45) is 0 Å². The van der Waals surface area contributed by atoms with Crippen LogP contribution in [0.4, 0.5) is 0 Å².